The summed E-state index contributed by atoms with van der Waals surface area (Å²) in [5.41, 5.74) is 7.87. The fraction of sp³-hybridized carbons (Fsp3) is 0.235. The largest absolute Gasteiger partial charge is 0.496 e. The van der Waals surface area contributed by atoms with E-state index >= 15 is 0 Å². The van der Waals surface area contributed by atoms with Gasteiger partial charge in [0, 0.05) is 22.9 Å². The molecule has 2 aromatic rings. The summed E-state index contributed by atoms with van der Waals surface area (Å²) in [6.45, 7) is 2.57. The first-order valence-corrected chi connectivity index (χ1v) is 6.67. The maximum Gasteiger partial charge on any atom is 0.253 e. The number of aromatic nitrogens is 1. The van der Waals surface area contributed by atoms with Crippen LogP contribution in [0.2, 0.25) is 0 Å². The van der Waals surface area contributed by atoms with Crippen LogP contribution in [-0.4, -0.2) is 18.2 Å². The van der Waals surface area contributed by atoms with E-state index in [0.29, 0.717) is 13.1 Å². The smallest absolute Gasteiger partial charge is 0.253 e. The molecule has 0 bridgehead atoms. The molecule has 0 saturated carbocycles. The monoisotopic (exact) mass is 282 g/mol. The van der Waals surface area contributed by atoms with E-state index in [0.717, 1.165) is 22.4 Å². The second-order valence-electron chi connectivity index (χ2n) is 4.66. The normalized spacial score (nSPS) is 9.86. The molecule has 108 valence electrons. The molecule has 0 spiro atoms. The number of hydrogen-bond acceptors (Lipinski definition) is 3. The van der Waals surface area contributed by atoms with Gasteiger partial charge in [-0.25, -0.2) is 0 Å². The van der Waals surface area contributed by atoms with Crippen LogP contribution in [0.4, 0.5) is 0 Å². The second kappa shape index (κ2) is 6.78. The van der Waals surface area contributed by atoms with Gasteiger partial charge < -0.3 is 15.0 Å². The zero-order valence-electron chi connectivity index (χ0n) is 12.2. The molecule has 0 aliphatic rings. The molecule has 1 aromatic heterocycles. The molecule has 2 N–H and O–H groups in total. The van der Waals surface area contributed by atoms with Crippen molar-refractivity contribution < 1.29 is 4.74 Å². The second-order valence-corrected chi connectivity index (χ2v) is 4.66. The van der Waals surface area contributed by atoms with E-state index in [-0.39, 0.29) is 5.56 Å². The highest BCUT2D eigenvalue weighted by Gasteiger charge is 2.06. The van der Waals surface area contributed by atoms with Crippen LogP contribution in [0.25, 0.3) is 0 Å². The molecule has 0 aliphatic heterocycles. The van der Waals surface area contributed by atoms with Crippen molar-refractivity contribution in [2.24, 2.45) is 5.73 Å². The Morgan fingerprint density at radius 3 is 2.86 bits per heavy atom. The number of aryl methyl sites for hydroxylation is 1. The van der Waals surface area contributed by atoms with Crippen LogP contribution in [0.1, 0.15) is 16.7 Å². The zero-order chi connectivity index (χ0) is 15.2. The molecule has 0 radical (unpaired) electrons. The quantitative estimate of drug-likeness (QED) is 0.868. The Morgan fingerprint density at radius 1 is 1.33 bits per heavy atom. The minimum Gasteiger partial charge on any atom is -0.496 e. The predicted octanol–water partition coefficient (Wildman–Crippen LogP) is 1.52. The maximum atomic E-state index is 12.1. The summed E-state index contributed by atoms with van der Waals surface area (Å²) in [6.07, 6.45) is 1.77. The first kappa shape index (κ1) is 14.9. The first-order chi connectivity index (χ1) is 10.2. The van der Waals surface area contributed by atoms with Gasteiger partial charge in [-0.15, -0.1) is 0 Å². The van der Waals surface area contributed by atoms with E-state index in [1.165, 1.54) is 0 Å². The van der Waals surface area contributed by atoms with Gasteiger partial charge in [-0.05, 0) is 31.2 Å². The molecule has 4 heteroatoms. The summed E-state index contributed by atoms with van der Waals surface area (Å²) in [5.74, 6) is 6.55. The molecule has 0 unspecified atom stereocenters. The lowest BCUT2D eigenvalue weighted by Crippen LogP contribution is -2.21. The summed E-state index contributed by atoms with van der Waals surface area (Å²) in [5, 5.41) is 0. The Balaban J connectivity index is 2.42. The van der Waals surface area contributed by atoms with Crippen LogP contribution in [-0.2, 0) is 6.54 Å². The summed E-state index contributed by atoms with van der Waals surface area (Å²) in [6, 6.07) is 9.33. The highest BCUT2D eigenvalue weighted by atomic mass is 16.5. The number of ether oxygens (including phenoxy) is 1. The van der Waals surface area contributed by atoms with Gasteiger partial charge in [-0.1, -0.05) is 17.9 Å². The lowest BCUT2D eigenvalue weighted by atomic mass is 10.1. The third-order valence-electron chi connectivity index (χ3n) is 3.17. The van der Waals surface area contributed by atoms with Crippen LogP contribution in [0, 0.1) is 18.8 Å². The SMILES string of the molecule is COc1ccc(C#CCN)cc1Cn1cccc(C)c1=O. The van der Waals surface area contributed by atoms with E-state index in [4.69, 9.17) is 10.5 Å². The summed E-state index contributed by atoms with van der Waals surface area (Å²) in [4.78, 5) is 12.1. The number of methoxy groups -OCH3 is 1. The molecular formula is C17H18N2O2. The van der Waals surface area contributed by atoms with Crippen molar-refractivity contribution in [3.63, 3.8) is 0 Å². The summed E-state index contributed by atoms with van der Waals surface area (Å²) in [7, 11) is 1.61. The Bertz CT molecular complexity index is 751. The maximum absolute atomic E-state index is 12.1. The molecule has 21 heavy (non-hydrogen) atoms. The molecule has 0 aliphatic carbocycles. The minimum absolute atomic E-state index is 0.00185. The van der Waals surface area contributed by atoms with Gasteiger partial charge in [0.05, 0.1) is 20.2 Å². The van der Waals surface area contributed by atoms with Crippen molar-refractivity contribution in [2.75, 3.05) is 13.7 Å². The highest BCUT2D eigenvalue weighted by molar-refractivity contribution is 5.44. The van der Waals surface area contributed by atoms with E-state index in [2.05, 4.69) is 11.8 Å². The van der Waals surface area contributed by atoms with Crippen molar-refractivity contribution in [2.45, 2.75) is 13.5 Å². The van der Waals surface area contributed by atoms with Gasteiger partial charge in [-0.2, -0.15) is 0 Å². The van der Waals surface area contributed by atoms with Gasteiger partial charge in [0.2, 0.25) is 0 Å². The average molecular weight is 282 g/mol. The molecular weight excluding hydrogens is 264 g/mol. The molecule has 1 aromatic carbocycles. The van der Waals surface area contributed by atoms with Crippen LogP contribution in [0.15, 0.2) is 41.3 Å². The van der Waals surface area contributed by atoms with Crippen molar-refractivity contribution >= 4 is 0 Å². The lowest BCUT2D eigenvalue weighted by Gasteiger charge is -2.11. The zero-order valence-corrected chi connectivity index (χ0v) is 12.2. The fourth-order valence-corrected chi connectivity index (χ4v) is 2.10. The van der Waals surface area contributed by atoms with Crippen molar-refractivity contribution in [3.05, 3.63) is 63.6 Å². The molecule has 2 rings (SSSR count). The van der Waals surface area contributed by atoms with Gasteiger partial charge in [0.1, 0.15) is 5.75 Å². The van der Waals surface area contributed by atoms with E-state index in [9.17, 15) is 4.79 Å². The van der Waals surface area contributed by atoms with Crippen LogP contribution in [0.5, 0.6) is 5.75 Å². The van der Waals surface area contributed by atoms with E-state index in [1.54, 1.807) is 30.9 Å². The number of rotatable bonds is 3. The molecule has 1 heterocycles. The Morgan fingerprint density at radius 2 is 2.14 bits per heavy atom. The van der Waals surface area contributed by atoms with Gasteiger partial charge in [-0.3, -0.25) is 4.79 Å². The lowest BCUT2D eigenvalue weighted by molar-refractivity contribution is 0.408. The minimum atomic E-state index is -0.00185. The van der Waals surface area contributed by atoms with E-state index in [1.807, 2.05) is 24.3 Å². The van der Waals surface area contributed by atoms with Gasteiger partial charge in [0.25, 0.3) is 5.56 Å². The van der Waals surface area contributed by atoms with Crippen LogP contribution < -0.4 is 16.0 Å². The number of nitrogens with zero attached hydrogens (tertiary/aromatic N) is 1. The number of hydrogen-bond donors (Lipinski definition) is 1. The van der Waals surface area contributed by atoms with Crippen LogP contribution >= 0.6 is 0 Å². The van der Waals surface area contributed by atoms with Crippen molar-refractivity contribution in [3.8, 4) is 17.6 Å². The molecule has 0 atom stereocenters. The fourth-order valence-electron chi connectivity index (χ4n) is 2.10. The van der Waals surface area contributed by atoms with Crippen molar-refractivity contribution in [1.29, 1.82) is 0 Å². The topological polar surface area (TPSA) is 57.2 Å². The van der Waals surface area contributed by atoms with E-state index < -0.39 is 0 Å². The van der Waals surface area contributed by atoms with Gasteiger partial charge in [0.15, 0.2) is 0 Å². The first-order valence-electron chi connectivity index (χ1n) is 6.67. The Hall–Kier alpha value is -2.51. The Kier molecular flexibility index (Phi) is 4.81. The summed E-state index contributed by atoms with van der Waals surface area (Å²) < 4.78 is 7.02. The average Bonchev–Trinajstić information content (AvgIpc) is 2.50. The Labute approximate surface area is 124 Å². The third kappa shape index (κ3) is 3.53. The standard InChI is InChI=1S/C17H18N2O2/c1-13-5-4-10-19(17(13)20)12-15-11-14(6-3-9-18)7-8-16(15)21-2/h4-5,7-8,10-11H,9,12,18H2,1-2H3. The number of nitrogens with two attached hydrogens (primary N) is 1. The third-order valence-corrected chi connectivity index (χ3v) is 3.17. The van der Waals surface area contributed by atoms with Crippen LogP contribution in [0.3, 0.4) is 0 Å². The molecule has 0 amide bonds. The number of benzene rings is 1. The highest BCUT2D eigenvalue weighted by Crippen LogP contribution is 2.20. The molecule has 0 saturated heterocycles. The molecule has 0 fully saturated rings. The molecule has 4 nitrogen and oxygen atoms in total. The van der Waals surface area contributed by atoms with Crippen molar-refractivity contribution in [1.82, 2.24) is 4.57 Å². The summed E-state index contributed by atoms with van der Waals surface area (Å²) >= 11 is 0. The number of pyridine rings is 1. The van der Waals surface area contributed by atoms with Gasteiger partial charge >= 0.3 is 0 Å². The predicted molar refractivity (Wildman–Crippen MR) is 83.5 cm³/mol.